The van der Waals surface area contributed by atoms with Crippen molar-refractivity contribution < 1.29 is 5.48 Å². The highest BCUT2D eigenvalue weighted by Crippen LogP contribution is 2.22. The molecule has 0 aliphatic carbocycles. The van der Waals surface area contributed by atoms with Crippen molar-refractivity contribution in [3.8, 4) is 0 Å². The molecule has 4 N–H and O–H groups in total. The van der Waals surface area contributed by atoms with Gasteiger partial charge in [-0.15, -0.1) is 0 Å². The van der Waals surface area contributed by atoms with E-state index < -0.39 is 0 Å². The van der Waals surface area contributed by atoms with Crippen molar-refractivity contribution in [2.45, 2.75) is 0 Å². The molecule has 1 aromatic heterocycles. The predicted molar refractivity (Wildman–Crippen MR) is 47.6 cm³/mol. The molecule has 1 heterocycles. The van der Waals surface area contributed by atoms with Crippen LogP contribution in [0.15, 0.2) is 24.3 Å². The minimum Gasteiger partial charge on any atom is -0.412 e. The first kappa shape index (κ1) is 7.97. The van der Waals surface area contributed by atoms with Crippen LogP contribution in [0.4, 0.5) is 5.13 Å². The van der Waals surface area contributed by atoms with E-state index in [1.54, 1.807) is 0 Å². The van der Waals surface area contributed by atoms with Crippen LogP contribution >= 0.6 is 11.3 Å². The van der Waals surface area contributed by atoms with Gasteiger partial charge in [-0.05, 0) is 12.1 Å². The number of hydrogen-bond acceptors (Lipinski definition) is 3. The molecule has 0 bridgehead atoms. The molecule has 3 nitrogen and oxygen atoms in total. The standard InChI is InChI=1S/C7H6N2S.H2O/c8-7-9-5-3-1-2-4-6(5)10-7;/h1-4H,(H2,8,9);1H2. The van der Waals surface area contributed by atoms with Gasteiger partial charge in [0.2, 0.25) is 0 Å². The van der Waals surface area contributed by atoms with E-state index in [0.29, 0.717) is 5.13 Å². The largest absolute Gasteiger partial charge is 0.412 e. The Kier molecular flexibility index (Phi) is 2.07. The van der Waals surface area contributed by atoms with Crippen molar-refractivity contribution in [3.05, 3.63) is 24.3 Å². The van der Waals surface area contributed by atoms with Crippen molar-refractivity contribution in [3.63, 3.8) is 0 Å². The fourth-order valence-electron chi connectivity index (χ4n) is 0.890. The van der Waals surface area contributed by atoms with E-state index in [1.807, 2.05) is 24.3 Å². The third-order valence-electron chi connectivity index (χ3n) is 1.31. The van der Waals surface area contributed by atoms with Crippen LogP contribution in [-0.4, -0.2) is 10.5 Å². The van der Waals surface area contributed by atoms with Crippen LogP contribution < -0.4 is 5.73 Å². The maximum absolute atomic E-state index is 5.50. The van der Waals surface area contributed by atoms with Gasteiger partial charge in [0.1, 0.15) is 0 Å². The van der Waals surface area contributed by atoms with Gasteiger partial charge in [0, 0.05) is 0 Å². The summed E-state index contributed by atoms with van der Waals surface area (Å²) in [5, 5.41) is 0.640. The number of rotatable bonds is 0. The summed E-state index contributed by atoms with van der Waals surface area (Å²) in [6, 6.07) is 7.92. The zero-order valence-electron chi connectivity index (χ0n) is 5.74. The summed E-state index contributed by atoms with van der Waals surface area (Å²) in [5.74, 6) is 0. The van der Waals surface area contributed by atoms with E-state index in [-0.39, 0.29) is 5.48 Å². The molecule has 0 atom stereocenters. The van der Waals surface area contributed by atoms with Crippen molar-refractivity contribution in [2.24, 2.45) is 0 Å². The van der Waals surface area contributed by atoms with Crippen LogP contribution in [0.5, 0.6) is 0 Å². The molecule has 2 rings (SSSR count). The van der Waals surface area contributed by atoms with Gasteiger partial charge >= 0.3 is 0 Å². The summed E-state index contributed by atoms with van der Waals surface area (Å²) in [6.07, 6.45) is 0. The zero-order valence-corrected chi connectivity index (χ0v) is 6.56. The Morgan fingerprint density at radius 3 is 2.73 bits per heavy atom. The van der Waals surface area contributed by atoms with E-state index in [9.17, 15) is 0 Å². The number of fused-ring (bicyclic) bond motifs is 1. The van der Waals surface area contributed by atoms with Crippen LogP contribution in [0.2, 0.25) is 0 Å². The molecule has 0 radical (unpaired) electrons. The fraction of sp³-hybridized carbons (Fsp3) is 0. The van der Waals surface area contributed by atoms with Crippen LogP contribution in [0.1, 0.15) is 0 Å². The van der Waals surface area contributed by atoms with Crippen LogP contribution in [0.25, 0.3) is 10.2 Å². The van der Waals surface area contributed by atoms with Gasteiger partial charge in [-0.25, -0.2) is 4.98 Å². The molecule has 0 aliphatic rings. The molecule has 0 fully saturated rings. The number of nitrogens with two attached hydrogens (primary N) is 1. The van der Waals surface area contributed by atoms with Crippen LogP contribution in [0, 0.1) is 0 Å². The Bertz CT molecular complexity index is 325. The third-order valence-corrected chi connectivity index (χ3v) is 2.18. The topological polar surface area (TPSA) is 70.4 Å². The van der Waals surface area contributed by atoms with E-state index >= 15 is 0 Å². The van der Waals surface area contributed by atoms with Gasteiger partial charge in [-0.1, -0.05) is 23.5 Å². The van der Waals surface area contributed by atoms with Gasteiger partial charge in [-0.2, -0.15) is 0 Å². The Hall–Kier alpha value is -1.13. The molecule has 1 aromatic carbocycles. The number of benzene rings is 1. The Balaban J connectivity index is 0.000000605. The summed E-state index contributed by atoms with van der Waals surface area (Å²) in [7, 11) is 0. The first-order valence-corrected chi connectivity index (χ1v) is 3.79. The molecular formula is C7H8N2OS. The lowest BCUT2D eigenvalue weighted by Crippen LogP contribution is -1.78. The molecule has 11 heavy (non-hydrogen) atoms. The normalized spacial score (nSPS) is 9.45. The number of nitrogen functional groups attached to an aromatic ring is 1. The van der Waals surface area contributed by atoms with Crippen molar-refractivity contribution >= 4 is 26.7 Å². The quantitative estimate of drug-likeness (QED) is 0.638. The number of nitrogens with zero attached hydrogens (tertiary/aromatic N) is 1. The highest BCUT2D eigenvalue weighted by molar-refractivity contribution is 7.22. The lowest BCUT2D eigenvalue weighted by atomic mass is 10.3. The van der Waals surface area contributed by atoms with Gasteiger partial charge in [0.15, 0.2) is 5.13 Å². The lowest BCUT2D eigenvalue weighted by molar-refractivity contribution is 0.824. The number of aromatic nitrogens is 1. The van der Waals surface area contributed by atoms with E-state index in [2.05, 4.69) is 4.98 Å². The number of thiazole rings is 1. The average Bonchev–Trinajstić information content (AvgIpc) is 2.27. The second-order valence-corrected chi connectivity index (χ2v) is 3.08. The fourth-order valence-corrected chi connectivity index (χ4v) is 1.62. The van der Waals surface area contributed by atoms with Crippen LogP contribution in [0.3, 0.4) is 0 Å². The summed E-state index contributed by atoms with van der Waals surface area (Å²) < 4.78 is 1.15. The van der Waals surface area contributed by atoms with Gasteiger partial charge in [0.25, 0.3) is 0 Å². The van der Waals surface area contributed by atoms with Gasteiger partial charge in [-0.3, -0.25) is 0 Å². The Labute approximate surface area is 67.8 Å². The monoisotopic (exact) mass is 168 g/mol. The zero-order chi connectivity index (χ0) is 6.97. The molecule has 0 saturated carbocycles. The molecule has 0 saturated heterocycles. The summed E-state index contributed by atoms with van der Waals surface area (Å²) in [6.45, 7) is 0. The second-order valence-electron chi connectivity index (χ2n) is 2.02. The Morgan fingerprint density at radius 1 is 1.27 bits per heavy atom. The third kappa shape index (κ3) is 1.31. The molecule has 0 amide bonds. The maximum Gasteiger partial charge on any atom is 0.181 e. The second kappa shape index (κ2) is 2.86. The number of anilines is 1. The minimum absolute atomic E-state index is 0. The Morgan fingerprint density at radius 2 is 2.00 bits per heavy atom. The summed E-state index contributed by atoms with van der Waals surface area (Å²) >= 11 is 1.52. The SMILES string of the molecule is Nc1nc2ccccc2s1.O. The summed E-state index contributed by atoms with van der Waals surface area (Å²) in [5.41, 5.74) is 6.49. The molecule has 0 unspecified atom stereocenters. The summed E-state index contributed by atoms with van der Waals surface area (Å²) in [4.78, 5) is 4.11. The maximum atomic E-state index is 5.50. The van der Waals surface area contributed by atoms with Gasteiger partial charge < -0.3 is 11.2 Å². The highest BCUT2D eigenvalue weighted by Gasteiger charge is 1.96. The smallest absolute Gasteiger partial charge is 0.181 e. The predicted octanol–water partition coefficient (Wildman–Crippen LogP) is 1.05. The number of hydrogen-bond donors (Lipinski definition) is 1. The number of para-hydroxylation sites is 1. The molecule has 0 spiro atoms. The lowest BCUT2D eigenvalue weighted by Gasteiger charge is -1.80. The highest BCUT2D eigenvalue weighted by atomic mass is 32.1. The first-order valence-electron chi connectivity index (χ1n) is 2.97. The molecule has 0 aliphatic heterocycles. The van der Waals surface area contributed by atoms with E-state index in [0.717, 1.165) is 10.2 Å². The van der Waals surface area contributed by atoms with Crippen molar-refractivity contribution in [2.75, 3.05) is 5.73 Å². The van der Waals surface area contributed by atoms with E-state index in [4.69, 9.17) is 5.73 Å². The van der Waals surface area contributed by atoms with Gasteiger partial charge in [0.05, 0.1) is 10.2 Å². The molecular weight excluding hydrogens is 160 g/mol. The van der Waals surface area contributed by atoms with Crippen molar-refractivity contribution in [1.82, 2.24) is 4.98 Å². The first-order chi connectivity index (χ1) is 4.86. The van der Waals surface area contributed by atoms with E-state index in [1.165, 1.54) is 11.3 Å². The molecule has 58 valence electrons. The molecule has 2 aromatic rings. The molecule has 4 heteroatoms. The van der Waals surface area contributed by atoms with Crippen LogP contribution in [-0.2, 0) is 0 Å². The van der Waals surface area contributed by atoms with Crippen molar-refractivity contribution in [1.29, 1.82) is 0 Å². The minimum atomic E-state index is 0. The average molecular weight is 168 g/mol.